The lowest BCUT2D eigenvalue weighted by Gasteiger charge is -2.13. The van der Waals surface area contributed by atoms with Crippen molar-refractivity contribution in [2.24, 2.45) is 0 Å². The molecule has 6 heteroatoms. The number of carbonyl (C=O) groups is 2. The van der Waals surface area contributed by atoms with Gasteiger partial charge < -0.3 is 10.1 Å². The van der Waals surface area contributed by atoms with Gasteiger partial charge in [-0.05, 0) is 49.4 Å². The molecule has 0 bridgehead atoms. The first-order valence-corrected chi connectivity index (χ1v) is 7.15. The lowest BCUT2D eigenvalue weighted by atomic mass is 10.2. The fraction of sp³-hybridized carbons (Fsp3) is 0.118. The minimum absolute atomic E-state index is 0.306. The summed E-state index contributed by atoms with van der Waals surface area (Å²) in [4.78, 5) is 24.0. The van der Waals surface area contributed by atoms with Crippen LogP contribution in [0.15, 0.2) is 48.5 Å². The Hall–Kier alpha value is -2.84. The molecule has 0 aliphatic carbocycles. The predicted molar refractivity (Wildman–Crippen MR) is 86.1 cm³/mol. The molecule has 0 heterocycles. The molecule has 2 rings (SSSR count). The first kappa shape index (κ1) is 16.5. The molecule has 23 heavy (non-hydrogen) atoms. The van der Waals surface area contributed by atoms with Gasteiger partial charge in [0, 0.05) is 10.7 Å². The molecule has 0 aliphatic heterocycles. The number of benzene rings is 2. The highest BCUT2D eigenvalue weighted by Gasteiger charge is 2.19. The Labute approximate surface area is 138 Å². The second-order valence-electron chi connectivity index (χ2n) is 4.74. The molecule has 116 valence electrons. The molecule has 0 saturated heterocycles. The summed E-state index contributed by atoms with van der Waals surface area (Å²) >= 11 is 5.75. The van der Waals surface area contributed by atoms with Gasteiger partial charge in [-0.2, -0.15) is 5.26 Å². The first-order valence-electron chi connectivity index (χ1n) is 6.77. The summed E-state index contributed by atoms with van der Waals surface area (Å²) in [5.74, 6) is -1.10. The Morgan fingerprint density at radius 1 is 1.22 bits per heavy atom. The summed E-state index contributed by atoms with van der Waals surface area (Å²) in [6.07, 6.45) is -0.982. The van der Waals surface area contributed by atoms with Crippen molar-refractivity contribution in [2.75, 3.05) is 5.32 Å². The van der Waals surface area contributed by atoms with Gasteiger partial charge in [-0.25, -0.2) is 4.79 Å². The Kier molecular flexibility index (Phi) is 5.34. The number of esters is 1. The van der Waals surface area contributed by atoms with E-state index >= 15 is 0 Å². The third-order valence-electron chi connectivity index (χ3n) is 2.99. The normalized spacial score (nSPS) is 11.2. The maximum atomic E-state index is 12.0. The highest BCUT2D eigenvalue weighted by molar-refractivity contribution is 6.30. The van der Waals surface area contributed by atoms with Crippen molar-refractivity contribution < 1.29 is 14.3 Å². The van der Waals surface area contributed by atoms with Crippen molar-refractivity contribution in [1.29, 1.82) is 5.26 Å². The molecule has 1 amide bonds. The molecule has 0 aromatic heterocycles. The van der Waals surface area contributed by atoms with Crippen LogP contribution in [0, 0.1) is 11.3 Å². The van der Waals surface area contributed by atoms with Crippen LogP contribution in [0.4, 0.5) is 5.69 Å². The molecule has 2 aromatic carbocycles. The largest absolute Gasteiger partial charge is 0.449 e. The minimum atomic E-state index is -0.982. The van der Waals surface area contributed by atoms with Crippen LogP contribution in [0.1, 0.15) is 22.8 Å². The quantitative estimate of drug-likeness (QED) is 0.872. The molecular formula is C17H13ClN2O3. The third kappa shape index (κ3) is 4.56. The summed E-state index contributed by atoms with van der Waals surface area (Å²) in [6.45, 7) is 1.47. The lowest BCUT2D eigenvalue weighted by molar-refractivity contribution is -0.123. The van der Waals surface area contributed by atoms with Crippen LogP contribution < -0.4 is 5.32 Å². The van der Waals surface area contributed by atoms with Crippen molar-refractivity contribution in [2.45, 2.75) is 13.0 Å². The van der Waals surface area contributed by atoms with Crippen LogP contribution in [-0.4, -0.2) is 18.0 Å². The zero-order chi connectivity index (χ0) is 16.8. The highest BCUT2D eigenvalue weighted by Crippen LogP contribution is 2.13. The highest BCUT2D eigenvalue weighted by atomic mass is 35.5. The second-order valence-corrected chi connectivity index (χ2v) is 5.17. The van der Waals surface area contributed by atoms with Crippen LogP contribution in [0.2, 0.25) is 5.02 Å². The average Bonchev–Trinajstić information content (AvgIpc) is 2.55. The van der Waals surface area contributed by atoms with Crippen LogP contribution in [0.5, 0.6) is 0 Å². The van der Waals surface area contributed by atoms with Crippen LogP contribution in [0.3, 0.4) is 0 Å². The SMILES string of the molecule is C[C@H](OC(=O)c1ccc(Cl)cc1)C(=O)Nc1cccc(C#N)c1. The number of hydrogen-bond donors (Lipinski definition) is 1. The van der Waals surface area contributed by atoms with E-state index in [2.05, 4.69) is 5.32 Å². The van der Waals surface area contributed by atoms with E-state index in [0.717, 1.165) is 0 Å². The maximum absolute atomic E-state index is 12.0. The molecule has 2 aromatic rings. The number of nitrogens with one attached hydrogen (secondary N) is 1. The van der Waals surface area contributed by atoms with Crippen molar-refractivity contribution in [1.82, 2.24) is 0 Å². The minimum Gasteiger partial charge on any atom is -0.449 e. The molecule has 5 nitrogen and oxygen atoms in total. The van der Waals surface area contributed by atoms with E-state index in [1.54, 1.807) is 30.3 Å². The summed E-state index contributed by atoms with van der Waals surface area (Å²) in [7, 11) is 0. The van der Waals surface area contributed by atoms with E-state index in [0.29, 0.717) is 21.8 Å². The Morgan fingerprint density at radius 2 is 1.91 bits per heavy atom. The fourth-order valence-electron chi connectivity index (χ4n) is 1.78. The van der Waals surface area contributed by atoms with Gasteiger partial charge in [0.15, 0.2) is 6.10 Å². The molecule has 1 N–H and O–H groups in total. The van der Waals surface area contributed by atoms with Crippen molar-refractivity contribution >= 4 is 29.2 Å². The van der Waals surface area contributed by atoms with Gasteiger partial charge in [0.1, 0.15) is 0 Å². The number of nitriles is 1. The summed E-state index contributed by atoms with van der Waals surface area (Å²) in [5, 5.41) is 11.9. The topological polar surface area (TPSA) is 79.2 Å². The van der Waals surface area contributed by atoms with Crippen LogP contribution in [-0.2, 0) is 9.53 Å². The Morgan fingerprint density at radius 3 is 2.57 bits per heavy atom. The number of ether oxygens (including phenoxy) is 1. The molecule has 0 unspecified atom stereocenters. The van der Waals surface area contributed by atoms with Crippen molar-refractivity contribution in [3.8, 4) is 6.07 Å². The number of anilines is 1. The Balaban J connectivity index is 1.98. The molecule has 0 aliphatic rings. The van der Waals surface area contributed by atoms with E-state index in [9.17, 15) is 9.59 Å². The van der Waals surface area contributed by atoms with Gasteiger partial charge in [0.05, 0.1) is 17.2 Å². The van der Waals surface area contributed by atoms with Gasteiger partial charge >= 0.3 is 5.97 Å². The molecule has 0 fully saturated rings. The summed E-state index contributed by atoms with van der Waals surface area (Å²) < 4.78 is 5.11. The first-order chi connectivity index (χ1) is 11.0. The number of carbonyl (C=O) groups excluding carboxylic acids is 2. The second kappa shape index (κ2) is 7.43. The fourth-order valence-corrected chi connectivity index (χ4v) is 1.90. The zero-order valence-electron chi connectivity index (χ0n) is 12.2. The molecule has 0 radical (unpaired) electrons. The van der Waals surface area contributed by atoms with Gasteiger partial charge in [0.25, 0.3) is 5.91 Å². The van der Waals surface area contributed by atoms with E-state index in [4.69, 9.17) is 21.6 Å². The molecule has 1 atom stereocenters. The zero-order valence-corrected chi connectivity index (χ0v) is 13.0. The van der Waals surface area contributed by atoms with E-state index in [-0.39, 0.29) is 0 Å². The summed E-state index contributed by atoms with van der Waals surface area (Å²) in [6, 6.07) is 14.6. The van der Waals surface area contributed by atoms with E-state index in [1.807, 2.05) is 6.07 Å². The van der Waals surface area contributed by atoms with Crippen molar-refractivity contribution in [3.05, 3.63) is 64.7 Å². The molecule has 0 saturated carbocycles. The van der Waals surface area contributed by atoms with Crippen molar-refractivity contribution in [3.63, 3.8) is 0 Å². The third-order valence-corrected chi connectivity index (χ3v) is 3.24. The number of amides is 1. The average molecular weight is 329 g/mol. The lowest BCUT2D eigenvalue weighted by Crippen LogP contribution is -2.30. The van der Waals surface area contributed by atoms with Crippen LogP contribution in [0.25, 0.3) is 0 Å². The predicted octanol–water partition coefficient (Wildman–Crippen LogP) is 3.40. The number of nitrogens with zero attached hydrogens (tertiary/aromatic N) is 1. The smallest absolute Gasteiger partial charge is 0.338 e. The van der Waals surface area contributed by atoms with Gasteiger partial charge in [-0.15, -0.1) is 0 Å². The van der Waals surface area contributed by atoms with Gasteiger partial charge in [-0.1, -0.05) is 17.7 Å². The monoisotopic (exact) mass is 328 g/mol. The number of rotatable bonds is 4. The molecular weight excluding hydrogens is 316 g/mol. The molecule has 0 spiro atoms. The Bertz CT molecular complexity index is 766. The van der Waals surface area contributed by atoms with E-state index in [1.165, 1.54) is 25.1 Å². The van der Waals surface area contributed by atoms with E-state index < -0.39 is 18.0 Å². The maximum Gasteiger partial charge on any atom is 0.338 e. The van der Waals surface area contributed by atoms with Crippen LogP contribution >= 0.6 is 11.6 Å². The number of hydrogen-bond acceptors (Lipinski definition) is 4. The summed E-state index contributed by atoms with van der Waals surface area (Å²) in [5.41, 5.74) is 1.19. The van der Waals surface area contributed by atoms with Gasteiger partial charge in [-0.3, -0.25) is 4.79 Å². The standard InChI is InChI=1S/C17H13ClN2O3/c1-11(23-17(22)13-5-7-14(18)8-6-13)16(21)20-15-4-2-3-12(9-15)10-19/h2-9,11H,1H3,(H,20,21)/t11-/m0/s1. The van der Waals surface area contributed by atoms with Gasteiger partial charge in [0.2, 0.25) is 0 Å². The number of halogens is 1.